The van der Waals surface area contributed by atoms with Crippen molar-refractivity contribution >= 4 is 23.1 Å². The van der Waals surface area contributed by atoms with Gasteiger partial charge in [-0.05, 0) is 27.6 Å². The summed E-state index contributed by atoms with van der Waals surface area (Å²) in [7, 11) is 0. The lowest BCUT2D eigenvalue weighted by molar-refractivity contribution is 0.612. The lowest BCUT2D eigenvalue weighted by Crippen LogP contribution is -2.29. The van der Waals surface area contributed by atoms with Gasteiger partial charge in [-0.15, -0.1) is 0 Å². The summed E-state index contributed by atoms with van der Waals surface area (Å²) in [6.07, 6.45) is 0. The Balaban J connectivity index is 2.44. The molecule has 1 atom stereocenters. The molecule has 1 aromatic rings. The number of thioether (sulfide) groups is 1. The molecule has 1 unspecified atom stereocenters. The van der Waals surface area contributed by atoms with E-state index in [-0.39, 0.29) is 0 Å². The molecule has 0 bridgehead atoms. The van der Waals surface area contributed by atoms with Crippen LogP contribution in [0.5, 0.6) is 0 Å². The molecule has 0 fully saturated rings. The van der Waals surface area contributed by atoms with Gasteiger partial charge in [-0.3, -0.25) is 11.3 Å². The molecule has 0 saturated heterocycles. The number of nitrogens with two attached hydrogens (primary N) is 1. The molecule has 0 radical (unpaired) electrons. The van der Waals surface area contributed by atoms with Gasteiger partial charge in [-0.25, -0.2) is 0 Å². The molecular formula is C9H16N2S2. The molecule has 3 N–H and O–H groups in total. The first-order valence-corrected chi connectivity index (χ1v) is 6.33. The molecule has 2 nitrogen and oxygen atoms in total. The quantitative estimate of drug-likeness (QED) is 0.586. The Bertz CT molecular complexity index is 222. The van der Waals surface area contributed by atoms with Gasteiger partial charge in [-0.2, -0.15) is 23.1 Å². The number of thiophene rings is 1. The molecule has 0 saturated carbocycles. The third-order valence-electron chi connectivity index (χ3n) is 1.74. The summed E-state index contributed by atoms with van der Waals surface area (Å²) in [5.74, 6) is 6.52. The highest BCUT2D eigenvalue weighted by molar-refractivity contribution is 7.99. The van der Waals surface area contributed by atoms with Crippen LogP contribution in [0.15, 0.2) is 16.8 Å². The van der Waals surface area contributed by atoms with E-state index in [2.05, 4.69) is 36.1 Å². The number of rotatable bonds is 5. The van der Waals surface area contributed by atoms with Crippen molar-refractivity contribution in [2.24, 2.45) is 5.84 Å². The van der Waals surface area contributed by atoms with Crippen LogP contribution in [0.1, 0.15) is 25.5 Å². The van der Waals surface area contributed by atoms with E-state index in [9.17, 15) is 0 Å². The Labute approximate surface area is 87.9 Å². The van der Waals surface area contributed by atoms with Crippen molar-refractivity contribution in [1.82, 2.24) is 5.43 Å². The Morgan fingerprint density at radius 2 is 2.38 bits per heavy atom. The molecule has 0 amide bonds. The van der Waals surface area contributed by atoms with Crippen molar-refractivity contribution in [2.45, 2.75) is 25.1 Å². The van der Waals surface area contributed by atoms with E-state index < -0.39 is 0 Å². The maximum absolute atomic E-state index is 5.49. The van der Waals surface area contributed by atoms with Crippen molar-refractivity contribution in [3.63, 3.8) is 0 Å². The molecule has 0 spiro atoms. The molecule has 1 aromatic heterocycles. The summed E-state index contributed by atoms with van der Waals surface area (Å²) in [6.45, 7) is 4.40. The van der Waals surface area contributed by atoms with E-state index >= 15 is 0 Å². The highest BCUT2D eigenvalue weighted by atomic mass is 32.2. The first kappa shape index (κ1) is 11.0. The van der Waals surface area contributed by atoms with Crippen LogP contribution >= 0.6 is 23.1 Å². The minimum atomic E-state index is 0.290. The molecule has 1 heterocycles. The smallest absolute Gasteiger partial charge is 0.0558 e. The third-order valence-corrected chi connectivity index (χ3v) is 3.64. The number of nitrogens with one attached hydrogen (secondary N) is 1. The predicted octanol–water partition coefficient (Wildman–Crippen LogP) is 2.39. The average molecular weight is 216 g/mol. The highest BCUT2D eigenvalue weighted by Crippen LogP contribution is 2.22. The maximum Gasteiger partial charge on any atom is 0.0558 e. The minimum absolute atomic E-state index is 0.290. The number of hydrogen-bond acceptors (Lipinski definition) is 4. The summed E-state index contributed by atoms with van der Waals surface area (Å²) in [4.78, 5) is 0. The van der Waals surface area contributed by atoms with E-state index in [1.54, 1.807) is 11.3 Å². The van der Waals surface area contributed by atoms with Gasteiger partial charge in [0, 0.05) is 5.75 Å². The fourth-order valence-electron chi connectivity index (χ4n) is 1.00. The molecule has 4 heteroatoms. The van der Waals surface area contributed by atoms with Crippen LogP contribution in [-0.4, -0.2) is 11.0 Å². The monoisotopic (exact) mass is 216 g/mol. The van der Waals surface area contributed by atoms with Crippen LogP contribution in [0.25, 0.3) is 0 Å². The molecule has 0 aliphatic carbocycles. The normalized spacial score (nSPS) is 13.5. The lowest BCUT2D eigenvalue weighted by Gasteiger charge is -2.15. The average Bonchev–Trinajstić information content (AvgIpc) is 2.58. The van der Waals surface area contributed by atoms with Crippen molar-refractivity contribution in [2.75, 3.05) is 5.75 Å². The Morgan fingerprint density at radius 3 is 2.85 bits per heavy atom. The second-order valence-corrected chi connectivity index (χ2v) is 5.55. The second-order valence-electron chi connectivity index (χ2n) is 3.16. The van der Waals surface area contributed by atoms with E-state index in [4.69, 9.17) is 5.84 Å². The first-order chi connectivity index (χ1) is 6.24. The highest BCUT2D eigenvalue weighted by Gasteiger charge is 2.10. The SMILES string of the molecule is CC(C)SCC(NN)c1ccsc1. The molecule has 0 aliphatic rings. The van der Waals surface area contributed by atoms with Crippen molar-refractivity contribution < 1.29 is 0 Å². The van der Waals surface area contributed by atoms with Gasteiger partial charge >= 0.3 is 0 Å². The van der Waals surface area contributed by atoms with Gasteiger partial charge in [0.1, 0.15) is 0 Å². The van der Waals surface area contributed by atoms with Gasteiger partial charge in [0.2, 0.25) is 0 Å². The minimum Gasteiger partial charge on any atom is -0.271 e. The zero-order valence-corrected chi connectivity index (χ0v) is 9.62. The van der Waals surface area contributed by atoms with Crippen LogP contribution < -0.4 is 11.3 Å². The second kappa shape index (κ2) is 5.65. The Kier molecular flexibility index (Phi) is 4.80. The Hall–Kier alpha value is -0.0300. The molecule has 1 rings (SSSR count). The van der Waals surface area contributed by atoms with E-state index in [1.807, 2.05) is 11.8 Å². The van der Waals surface area contributed by atoms with Gasteiger partial charge in [0.25, 0.3) is 0 Å². The number of hydrogen-bond donors (Lipinski definition) is 2. The number of hydrazine groups is 1. The van der Waals surface area contributed by atoms with Crippen LogP contribution in [0, 0.1) is 0 Å². The molecular weight excluding hydrogens is 200 g/mol. The van der Waals surface area contributed by atoms with E-state index in [1.165, 1.54) is 5.56 Å². The molecule has 0 aromatic carbocycles. The Morgan fingerprint density at radius 1 is 1.62 bits per heavy atom. The summed E-state index contributed by atoms with van der Waals surface area (Å²) < 4.78 is 0. The molecule has 74 valence electrons. The van der Waals surface area contributed by atoms with Crippen LogP contribution in [0.4, 0.5) is 0 Å². The summed E-state index contributed by atoms with van der Waals surface area (Å²) in [6, 6.07) is 2.41. The maximum atomic E-state index is 5.49. The summed E-state index contributed by atoms with van der Waals surface area (Å²) in [5, 5.41) is 4.89. The van der Waals surface area contributed by atoms with Crippen molar-refractivity contribution in [3.05, 3.63) is 22.4 Å². The topological polar surface area (TPSA) is 38.0 Å². The largest absolute Gasteiger partial charge is 0.271 e. The predicted molar refractivity (Wildman–Crippen MR) is 62.0 cm³/mol. The zero-order valence-electron chi connectivity index (χ0n) is 7.99. The third kappa shape index (κ3) is 3.68. The molecule has 13 heavy (non-hydrogen) atoms. The first-order valence-electron chi connectivity index (χ1n) is 4.34. The molecule has 0 aliphatic heterocycles. The van der Waals surface area contributed by atoms with E-state index in [0.717, 1.165) is 5.75 Å². The van der Waals surface area contributed by atoms with Crippen molar-refractivity contribution in [3.8, 4) is 0 Å². The fraction of sp³-hybridized carbons (Fsp3) is 0.556. The van der Waals surface area contributed by atoms with E-state index in [0.29, 0.717) is 11.3 Å². The van der Waals surface area contributed by atoms with Gasteiger partial charge < -0.3 is 0 Å². The zero-order chi connectivity index (χ0) is 9.68. The summed E-state index contributed by atoms with van der Waals surface area (Å²) in [5.41, 5.74) is 4.14. The van der Waals surface area contributed by atoms with Crippen LogP contribution in [0.3, 0.4) is 0 Å². The fourth-order valence-corrected chi connectivity index (χ4v) is 2.58. The standard InChI is InChI=1S/C9H16N2S2/c1-7(2)13-6-9(11-10)8-3-4-12-5-8/h3-5,7,9,11H,6,10H2,1-2H3. The van der Waals surface area contributed by atoms with Gasteiger partial charge in [0.05, 0.1) is 6.04 Å². The van der Waals surface area contributed by atoms with Crippen LogP contribution in [-0.2, 0) is 0 Å². The van der Waals surface area contributed by atoms with Crippen molar-refractivity contribution in [1.29, 1.82) is 0 Å². The van der Waals surface area contributed by atoms with Crippen LogP contribution in [0.2, 0.25) is 0 Å². The van der Waals surface area contributed by atoms with Gasteiger partial charge in [-0.1, -0.05) is 13.8 Å². The van der Waals surface area contributed by atoms with Gasteiger partial charge in [0.15, 0.2) is 0 Å². The summed E-state index contributed by atoms with van der Waals surface area (Å²) >= 11 is 3.64. The lowest BCUT2D eigenvalue weighted by atomic mass is 10.2.